The van der Waals surface area contributed by atoms with Crippen LogP contribution >= 0.6 is 11.8 Å². The molecular formula is C27H22N2O5S. The molecule has 0 aromatic heterocycles. The first-order valence-electron chi connectivity index (χ1n) is 11.1. The number of amides is 3. The van der Waals surface area contributed by atoms with Gasteiger partial charge in [0.25, 0.3) is 11.1 Å². The Morgan fingerprint density at radius 1 is 0.943 bits per heavy atom. The molecule has 8 heteroatoms. The van der Waals surface area contributed by atoms with Crippen molar-refractivity contribution in [2.75, 3.05) is 19.9 Å². The smallest absolute Gasteiger partial charge is 0.293 e. The molecule has 0 saturated carbocycles. The number of imide groups is 1. The molecule has 0 unspecified atom stereocenters. The molecule has 2 aliphatic rings. The maximum Gasteiger partial charge on any atom is 0.293 e. The van der Waals surface area contributed by atoms with Gasteiger partial charge in [0.15, 0.2) is 11.5 Å². The van der Waals surface area contributed by atoms with E-state index in [0.29, 0.717) is 16.4 Å². The van der Waals surface area contributed by atoms with Gasteiger partial charge in [-0.05, 0) is 46.7 Å². The summed E-state index contributed by atoms with van der Waals surface area (Å²) in [7, 11) is 0. The van der Waals surface area contributed by atoms with Crippen molar-refractivity contribution in [1.82, 2.24) is 10.2 Å². The molecule has 2 aliphatic heterocycles. The summed E-state index contributed by atoms with van der Waals surface area (Å²) >= 11 is 0.883. The number of ether oxygens (including phenoxy) is 2. The number of rotatable bonds is 7. The Morgan fingerprint density at radius 2 is 1.60 bits per heavy atom. The summed E-state index contributed by atoms with van der Waals surface area (Å²) in [6.45, 7) is 0.409. The van der Waals surface area contributed by atoms with Crippen molar-refractivity contribution in [2.45, 2.75) is 5.92 Å². The van der Waals surface area contributed by atoms with E-state index in [1.54, 1.807) is 24.3 Å². The molecule has 0 atom stereocenters. The molecule has 0 bridgehead atoms. The molecule has 3 aromatic rings. The quantitative estimate of drug-likeness (QED) is 0.499. The fourth-order valence-corrected chi connectivity index (χ4v) is 4.89. The van der Waals surface area contributed by atoms with Crippen LogP contribution < -0.4 is 14.8 Å². The van der Waals surface area contributed by atoms with E-state index in [2.05, 4.69) is 5.32 Å². The molecule has 5 rings (SSSR count). The van der Waals surface area contributed by atoms with Crippen LogP contribution in [-0.2, 0) is 9.59 Å². The molecule has 0 spiro atoms. The number of hydrogen-bond donors (Lipinski definition) is 1. The monoisotopic (exact) mass is 486 g/mol. The van der Waals surface area contributed by atoms with Gasteiger partial charge in [-0.3, -0.25) is 19.3 Å². The molecule has 0 aliphatic carbocycles. The van der Waals surface area contributed by atoms with Gasteiger partial charge in [-0.15, -0.1) is 0 Å². The highest BCUT2D eigenvalue weighted by atomic mass is 32.2. The number of hydrogen-bond acceptors (Lipinski definition) is 6. The van der Waals surface area contributed by atoms with Crippen molar-refractivity contribution in [3.8, 4) is 11.5 Å². The summed E-state index contributed by atoms with van der Waals surface area (Å²) in [5.41, 5.74) is 2.48. The summed E-state index contributed by atoms with van der Waals surface area (Å²) < 4.78 is 10.7. The second-order valence-electron chi connectivity index (χ2n) is 7.99. The van der Waals surface area contributed by atoms with Crippen LogP contribution in [-0.4, -0.2) is 41.8 Å². The van der Waals surface area contributed by atoms with E-state index in [1.165, 1.54) is 0 Å². The minimum Gasteiger partial charge on any atom is -0.454 e. The van der Waals surface area contributed by atoms with E-state index < -0.39 is 5.92 Å². The highest BCUT2D eigenvalue weighted by Gasteiger charge is 2.35. The van der Waals surface area contributed by atoms with Crippen LogP contribution in [0.1, 0.15) is 22.6 Å². The van der Waals surface area contributed by atoms with E-state index in [-0.39, 0.29) is 36.9 Å². The fourth-order valence-electron chi connectivity index (χ4n) is 4.03. The first kappa shape index (κ1) is 22.7. The van der Waals surface area contributed by atoms with Crippen LogP contribution in [0.4, 0.5) is 4.79 Å². The maximum absolute atomic E-state index is 13.1. The molecule has 1 saturated heterocycles. The molecule has 1 fully saturated rings. The van der Waals surface area contributed by atoms with Crippen molar-refractivity contribution in [3.05, 3.63) is 100 Å². The second-order valence-corrected chi connectivity index (χ2v) is 8.98. The number of benzene rings is 3. The van der Waals surface area contributed by atoms with Crippen LogP contribution in [0, 0.1) is 0 Å². The molecule has 7 nitrogen and oxygen atoms in total. The lowest BCUT2D eigenvalue weighted by Crippen LogP contribution is -2.39. The van der Waals surface area contributed by atoms with Gasteiger partial charge in [0, 0.05) is 13.1 Å². The van der Waals surface area contributed by atoms with Gasteiger partial charge in [0.1, 0.15) is 0 Å². The summed E-state index contributed by atoms with van der Waals surface area (Å²) in [5.74, 6) is 0.195. The Bertz CT molecular complexity index is 1250. The molecule has 176 valence electrons. The number of fused-ring (bicyclic) bond motifs is 1. The lowest BCUT2D eigenvalue weighted by atomic mass is 9.90. The van der Waals surface area contributed by atoms with Crippen molar-refractivity contribution in [3.63, 3.8) is 0 Å². The summed E-state index contributed by atoms with van der Waals surface area (Å²) in [6.07, 6.45) is 1.66. The lowest BCUT2D eigenvalue weighted by Gasteiger charge is -2.19. The number of nitrogens with one attached hydrogen (secondary N) is 1. The van der Waals surface area contributed by atoms with Gasteiger partial charge in [0.05, 0.1) is 10.8 Å². The maximum atomic E-state index is 13.1. The van der Waals surface area contributed by atoms with Crippen LogP contribution in [0.2, 0.25) is 0 Å². The molecule has 2 heterocycles. The van der Waals surface area contributed by atoms with E-state index in [1.807, 2.05) is 60.7 Å². The van der Waals surface area contributed by atoms with Crippen molar-refractivity contribution >= 4 is 34.9 Å². The van der Waals surface area contributed by atoms with Gasteiger partial charge < -0.3 is 14.8 Å². The predicted octanol–water partition coefficient (Wildman–Crippen LogP) is 4.40. The topological polar surface area (TPSA) is 84.9 Å². The third kappa shape index (κ3) is 4.93. The van der Waals surface area contributed by atoms with Gasteiger partial charge >= 0.3 is 0 Å². The molecule has 0 radical (unpaired) electrons. The first-order chi connectivity index (χ1) is 17.1. The molecule has 3 amide bonds. The van der Waals surface area contributed by atoms with E-state index in [0.717, 1.165) is 33.4 Å². The molecule has 1 N–H and O–H groups in total. The van der Waals surface area contributed by atoms with Crippen LogP contribution in [0.15, 0.2) is 83.8 Å². The third-order valence-corrected chi connectivity index (χ3v) is 6.64. The number of carbonyl (C=O) groups excluding carboxylic acids is 3. The summed E-state index contributed by atoms with van der Waals surface area (Å²) in [6, 6.07) is 24.4. The lowest BCUT2D eigenvalue weighted by molar-refractivity contribution is -0.124. The standard InChI is InChI=1S/C27H22N2O5S/c30-25(24(19-7-3-1-4-8-19)20-9-5-2-6-10-20)28-13-14-29-26(31)23(35-27(29)32)16-18-11-12-21-22(15-18)34-17-33-21/h1-12,15-16,24H,13-14,17H2,(H,28,30)/b23-16+. The molecule has 35 heavy (non-hydrogen) atoms. The van der Waals surface area contributed by atoms with Crippen molar-refractivity contribution in [2.24, 2.45) is 0 Å². The highest BCUT2D eigenvalue weighted by molar-refractivity contribution is 8.18. The SMILES string of the molecule is O=C(NCCN1C(=O)S/C(=C/c2ccc3c(c2)OCO3)C1=O)C(c1ccccc1)c1ccccc1. The van der Waals surface area contributed by atoms with Gasteiger partial charge in [0.2, 0.25) is 12.7 Å². The summed E-state index contributed by atoms with van der Waals surface area (Å²) in [5, 5.41) is 2.53. The van der Waals surface area contributed by atoms with Gasteiger partial charge in [-0.1, -0.05) is 66.7 Å². The van der Waals surface area contributed by atoms with Crippen LogP contribution in [0.25, 0.3) is 6.08 Å². The average molecular weight is 487 g/mol. The first-order valence-corrected chi connectivity index (χ1v) is 11.9. The second kappa shape index (κ2) is 10.1. The Hall–Kier alpha value is -4.04. The molecular weight excluding hydrogens is 464 g/mol. The van der Waals surface area contributed by atoms with Crippen LogP contribution in [0.5, 0.6) is 11.5 Å². The zero-order chi connectivity index (χ0) is 24.2. The van der Waals surface area contributed by atoms with Gasteiger partial charge in [-0.25, -0.2) is 0 Å². The number of thioether (sulfide) groups is 1. The van der Waals surface area contributed by atoms with E-state index >= 15 is 0 Å². The average Bonchev–Trinajstić information content (AvgIpc) is 3.45. The normalized spacial score (nSPS) is 15.8. The zero-order valence-electron chi connectivity index (χ0n) is 18.7. The highest BCUT2D eigenvalue weighted by Crippen LogP contribution is 2.36. The van der Waals surface area contributed by atoms with E-state index in [4.69, 9.17) is 9.47 Å². The number of carbonyl (C=O) groups is 3. The minimum absolute atomic E-state index is 0.0885. The Balaban J connectivity index is 1.24. The Morgan fingerprint density at radius 3 is 2.29 bits per heavy atom. The predicted molar refractivity (Wildman–Crippen MR) is 133 cm³/mol. The van der Waals surface area contributed by atoms with E-state index in [9.17, 15) is 14.4 Å². The van der Waals surface area contributed by atoms with Crippen LogP contribution in [0.3, 0.4) is 0 Å². The Kier molecular flexibility index (Phi) is 6.54. The third-order valence-electron chi connectivity index (χ3n) is 5.73. The Labute approximate surface area is 206 Å². The molecule has 3 aromatic carbocycles. The number of nitrogens with zero attached hydrogens (tertiary/aromatic N) is 1. The fraction of sp³-hybridized carbons (Fsp3) is 0.148. The minimum atomic E-state index is -0.488. The van der Waals surface area contributed by atoms with Crippen molar-refractivity contribution < 1.29 is 23.9 Å². The zero-order valence-corrected chi connectivity index (χ0v) is 19.5. The van der Waals surface area contributed by atoms with Crippen molar-refractivity contribution in [1.29, 1.82) is 0 Å². The summed E-state index contributed by atoms with van der Waals surface area (Å²) in [4.78, 5) is 40.0. The van der Waals surface area contributed by atoms with Gasteiger partial charge in [-0.2, -0.15) is 0 Å². The largest absolute Gasteiger partial charge is 0.454 e.